The number of nitrogens with one attached hydrogen (secondary N) is 1. The first-order chi connectivity index (χ1) is 13.2. The van der Waals surface area contributed by atoms with Crippen LogP contribution in [0.5, 0.6) is 0 Å². The third-order valence-electron chi connectivity index (χ3n) is 4.90. The van der Waals surface area contributed by atoms with Crippen molar-refractivity contribution in [3.05, 3.63) is 41.0 Å². The topological polar surface area (TPSA) is 105 Å². The standard InChI is InChI=1S/C20H28N4O4S/c1-12-10-14-11-13(8-9-15(14)24(12)29(7,26)27)16(25)22-20(5,6)17-21-18(28-23-17)19(2,3)4/h8-9,11-12H,10H2,1-7H3,(H,22,25). The predicted octanol–water partition coefficient (Wildman–Crippen LogP) is 2.74. The molecule has 1 N–H and O–H groups in total. The number of benzene rings is 1. The van der Waals surface area contributed by atoms with Gasteiger partial charge in [-0.15, -0.1) is 0 Å². The highest BCUT2D eigenvalue weighted by Gasteiger charge is 2.34. The first-order valence-corrected chi connectivity index (χ1v) is 11.3. The molecule has 3 rings (SSSR count). The number of anilines is 1. The van der Waals surface area contributed by atoms with E-state index in [-0.39, 0.29) is 17.4 Å². The summed E-state index contributed by atoms with van der Waals surface area (Å²) < 4.78 is 30.9. The Hall–Kier alpha value is -2.42. The molecule has 1 aliphatic rings. The van der Waals surface area contributed by atoms with Crippen molar-refractivity contribution in [3.63, 3.8) is 0 Å². The fraction of sp³-hybridized carbons (Fsp3) is 0.550. The lowest BCUT2D eigenvalue weighted by atomic mass is 9.96. The van der Waals surface area contributed by atoms with Crippen LogP contribution in [0.25, 0.3) is 0 Å². The average Bonchev–Trinajstić information content (AvgIpc) is 3.16. The van der Waals surface area contributed by atoms with E-state index >= 15 is 0 Å². The fourth-order valence-corrected chi connectivity index (χ4v) is 4.71. The Balaban J connectivity index is 1.83. The number of rotatable bonds is 4. The first-order valence-electron chi connectivity index (χ1n) is 9.49. The van der Waals surface area contributed by atoms with Gasteiger partial charge in [0.1, 0.15) is 0 Å². The van der Waals surface area contributed by atoms with Gasteiger partial charge in [-0.1, -0.05) is 25.9 Å². The zero-order chi connectivity index (χ0) is 21.8. The van der Waals surface area contributed by atoms with Gasteiger partial charge in [0.2, 0.25) is 15.9 Å². The van der Waals surface area contributed by atoms with Gasteiger partial charge in [-0.05, 0) is 51.0 Å². The molecule has 0 spiro atoms. The van der Waals surface area contributed by atoms with Gasteiger partial charge in [-0.3, -0.25) is 9.10 Å². The highest BCUT2D eigenvalue weighted by molar-refractivity contribution is 7.92. The van der Waals surface area contributed by atoms with Gasteiger partial charge >= 0.3 is 0 Å². The smallest absolute Gasteiger partial charge is 0.252 e. The Morgan fingerprint density at radius 2 is 1.90 bits per heavy atom. The summed E-state index contributed by atoms with van der Waals surface area (Å²) in [6.45, 7) is 11.4. The van der Waals surface area contributed by atoms with E-state index < -0.39 is 15.6 Å². The van der Waals surface area contributed by atoms with Crippen molar-refractivity contribution < 1.29 is 17.7 Å². The minimum absolute atomic E-state index is 0.176. The maximum atomic E-state index is 12.9. The molecule has 1 aromatic carbocycles. The summed E-state index contributed by atoms with van der Waals surface area (Å²) in [5.41, 5.74) is 0.800. The van der Waals surface area contributed by atoms with Crippen LogP contribution in [0.15, 0.2) is 22.7 Å². The molecule has 8 nitrogen and oxygen atoms in total. The summed E-state index contributed by atoms with van der Waals surface area (Å²) in [6.07, 6.45) is 1.76. The Morgan fingerprint density at radius 1 is 1.24 bits per heavy atom. The summed E-state index contributed by atoms with van der Waals surface area (Å²) >= 11 is 0. The van der Waals surface area contributed by atoms with E-state index in [0.717, 1.165) is 5.56 Å². The average molecular weight is 421 g/mol. The number of hydrogen-bond acceptors (Lipinski definition) is 6. The third-order valence-corrected chi connectivity index (χ3v) is 6.18. The van der Waals surface area contributed by atoms with Crippen molar-refractivity contribution in [1.29, 1.82) is 0 Å². The quantitative estimate of drug-likeness (QED) is 0.815. The van der Waals surface area contributed by atoms with E-state index in [1.54, 1.807) is 18.2 Å². The van der Waals surface area contributed by atoms with E-state index in [9.17, 15) is 13.2 Å². The minimum Gasteiger partial charge on any atom is -0.340 e. The minimum atomic E-state index is -3.37. The molecule has 1 aromatic heterocycles. The maximum absolute atomic E-state index is 12.9. The van der Waals surface area contributed by atoms with Gasteiger partial charge in [0.15, 0.2) is 5.82 Å². The molecule has 9 heteroatoms. The first kappa shape index (κ1) is 21.3. The second-order valence-electron chi connectivity index (χ2n) is 9.21. The van der Waals surface area contributed by atoms with Crippen molar-refractivity contribution in [2.75, 3.05) is 10.6 Å². The molecule has 0 saturated carbocycles. The summed E-state index contributed by atoms with van der Waals surface area (Å²) in [5.74, 6) is 0.612. The second kappa shape index (κ2) is 6.83. The van der Waals surface area contributed by atoms with Crippen LogP contribution in [-0.4, -0.2) is 36.8 Å². The Labute approximate surface area is 171 Å². The van der Waals surface area contributed by atoms with Crippen LogP contribution in [-0.2, 0) is 27.4 Å². The molecule has 1 atom stereocenters. The van der Waals surface area contributed by atoms with Crippen molar-refractivity contribution >= 4 is 21.6 Å². The van der Waals surface area contributed by atoms with Crippen LogP contribution < -0.4 is 9.62 Å². The van der Waals surface area contributed by atoms with E-state index in [2.05, 4.69) is 15.5 Å². The number of carbonyl (C=O) groups excluding carboxylic acids is 1. The Kier molecular flexibility index (Phi) is 5.01. The summed E-state index contributed by atoms with van der Waals surface area (Å²) in [7, 11) is -3.37. The van der Waals surface area contributed by atoms with E-state index in [1.807, 2.05) is 41.5 Å². The molecule has 0 bridgehead atoms. The molecule has 2 aromatic rings. The summed E-state index contributed by atoms with van der Waals surface area (Å²) in [4.78, 5) is 17.3. The molecular formula is C20H28N4O4S. The van der Waals surface area contributed by atoms with Gasteiger partial charge in [0.05, 0.1) is 17.5 Å². The van der Waals surface area contributed by atoms with E-state index in [1.165, 1.54) is 10.6 Å². The molecule has 158 valence electrons. The van der Waals surface area contributed by atoms with Crippen molar-refractivity contribution in [2.45, 2.75) is 65.0 Å². The van der Waals surface area contributed by atoms with Crippen molar-refractivity contribution in [3.8, 4) is 0 Å². The number of hydrogen-bond donors (Lipinski definition) is 1. The van der Waals surface area contributed by atoms with E-state index in [4.69, 9.17) is 4.52 Å². The predicted molar refractivity (Wildman–Crippen MR) is 110 cm³/mol. The normalized spacial score (nSPS) is 17.3. The second-order valence-corrected chi connectivity index (χ2v) is 11.1. The number of amides is 1. The van der Waals surface area contributed by atoms with Gasteiger partial charge in [-0.2, -0.15) is 4.98 Å². The molecule has 29 heavy (non-hydrogen) atoms. The van der Waals surface area contributed by atoms with E-state index in [0.29, 0.717) is 29.4 Å². The van der Waals surface area contributed by atoms with Crippen LogP contribution in [0.4, 0.5) is 5.69 Å². The third kappa shape index (κ3) is 4.14. The lowest BCUT2D eigenvalue weighted by molar-refractivity contribution is 0.0907. The fourth-order valence-electron chi connectivity index (χ4n) is 3.44. The number of fused-ring (bicyclic) bond motifs is 1. The van der Waals surface area contributed by atoms with Crippen LogP contribution in [0.2, 0.25) is 0 Å². The number of sulfonamides is 1. The van der Waals surface area contributed by atoms with Crippen molar-refractivity contribution in [2.24, 2.45) is 0 Å². The molecule has 0 saturated heterocycles. The van der Waals surface area contributed by atoms with Gasteiger partial charge in [-0.25, -0.2) is 8.42 Å². The molecule has 0 aliphatic carbocycles. The van der Waals surface area contributed by atoms with Crippen LogP contribution in [0.3, 0.4) is 0 Å². The van der Waals surface area contributed by atoms with Gasteiger partial charge in [0.25, 0.3) is 5.91 Å². The summed E-state index contributed by atoms with van der Waals surface area (Å²) in [5, 5.41) is 6.97. The molecule has 0 radical (unpaired) electrons. The van der Waals surface area contributed by atoms with Crippen LogP contribution >= 0.6 is 0 Å². The summed E-state index contributed by atoms with van der Waals surface area (Å²) in [6, 6.07) is 4.90. The molecule has 1 unspecified atom stereocenters. The zero-order valence-corrected chi connectivity index (χ0v) is 18.7. The molecular weight excluding hydrogens is 392 g/mol. The Morgan fingerprint density at radius 3 is 2.45 bits per heavy atom. The van der Waals surface area contributed by atoms with Gasteiger partial charge in [0, 0.05) is 17.0 Å². The highest BCUT2D eigenvalue weighted by Crippen LogP contribution is 2.35. The number of carbonyl (C=O) groups is 1. The Bertz CT molecular complexity index is 1050. The molecule has 1 amide bonds. The highest BCUT2D eigenvalue weighted by atomic mass is 32.2. The zero-order valence-electron chi connectivity index (χ0n) is 17.9. The largest absolute Gasteiger partial charge is 0.340 e. The lowest BCUT2D eigenvalue weighted by Gasteiger charge is -2.23. The monoisotopic (exact) mass is 420 g/mol. The van der Waals surface area contributed by atoms with Crippen LogP contribution in [0.1, 0.15) is 69.2 Å². The molecule has 0 fully saturated rings. The lowest BCUT2D eigenvalue weighted by Crippen LogP contribution is -2.42. The van der Waals surface area contributed by atoms with Crippen molar-refractivity contribution in [1.82, 2.24) is 15.5 Å². The number of aromatic nitrogens is 2. The number of nitrogens with zero attached hydrogens (tertiary/aromatic N) is 3. The maximum Gasteiger partial charge on any atom is 0.252 e. The molecule has 2 heterocycles. The molecule has 1 aliphatic heterocycles. The van der Waals surface area contributed by atoms with Gasteiger partial charge < -0.3 is 9.84 Å². The van der Waals surface area contributed by atoms with Crippen LogP contribution in [0, 0.1) is 0 Å². The SMILES string of the molecule is CC1Cc2cc(C(=O)NC(C)(C)c3noc(C(C)(C)C)n3)ccc2N1S(C)(=O)=O.